The Labute approximate surface area is 89.7 Å². The summed E-state index contributed by atoms with van der Waals surface area (Å²) in [4.78, 5) is 0. The number of benzene rings is 1. The first-order valence-electron chi connectivity index (χ1n) is 3.96. The van der Waals surface area contributed by atoms with E-state index >= 15 is 0 Å². The van der Waals surface area contributed by atoms with E-state index in [1.165, 1.54) is 12.1 Å². The number of hydrogen-bond acceptors (Lipinski definition) is 2. The van der Waals surface area contributed by atoms with Crippen LogP contribution in [-0.4, -0.2) is 11.9 Å². The molecule has 0 bridgehead atoms. The summed E-state index contributed by atoms with van der Waals surface area (Å²) in [6, 6.07) is 4.35. The second kappa shape index (κ2) is 4.41. The van der Waals surface area contributed by atoms with Crippen LogP contribution >= 0.6 is 15.9 Å². The lowest BCUT2D eigenvalue weighted by atomic mass is 10.3. The van der Waals surface area contributed by atoms with Gasteiger partial charge in [0.05, 0.1) is 0 Å². The number of amidine groups is 1. The molecule has 3 nitrogen and oxygen atoms in total. The molecule has 0 saturated heterocycles. The van der Waals surface area contributed by atoms with Crippen LogP contribution in [0.2, 0.25) is 0 Å². The smallest absolute Gasteiger partial charge is 0.165 e. The van der Waals surface area contributed by atoms with Gasteiger partial charge in [-0.3, -0.25) is 5.41 Å². The summed E-state index contributed by atoms with van der Waals surface area (Å²) in [6.45, 7) is 1.59. The summed E-state index contributed by atoms with van der Waals surface area (Å²) >= 11 is 3.19. The van der Waals surface area contributed by atoms with Crippen molar-refractivity contribution in [2.24, 2.45) is 5.73 Å². The van der Waals surface area contributed by atoms with Gasteiger partial charge in [0.2, 0.25) is 0 Å². The first kappa shape index (κ1) is 11.0. The highest BCUT2D eigenvalue weighted by Gasteiger charge is 2.10. The van der Waals surface area contributed by atoms with Crippen molar-refractivity contribution in [3.63, 3.8) is 0 Å². The van der Waals surface area contributed by atoms with Gasteiger partial charge in [0.25, 0.3) is 0 Å². The third-order valence-electron chi connectivity index (χ3n) is 1.63. The van der Waals surface area contributed by atoms with Crippen molar-refractivity contribution in [2.45, 2.75) is 13.0 Å². The van der Waals surface area contributed by atoms with Crippen LogP contribution in [-0.2, 0) is 0 Å². The van der Waals surface area contributed by atoms with Crippen LogP contribution in [0, 0.1) is 11.2 Å². The minimum Gasteiger partial charge on any atom is -0.480 e. The Kier molecular flexibility index (Phi) is 3.46. The zero-order valence-corrected chi connectivity index (χ0v) is 9.14. The van der Waals surface area contributed by atoms with Crippen LogP contribution in [0.3, 0.4) is 0 Å². The molecule has 0 aromatic heterocycles. The van der Waals surface area contributed by atoms with Crippen molar-refractivity contribution >= 4 is 21.8 Å². The standard InChI is InChI=1S/C9H10BrFN2O/c1-5(9(12)13)14-8-4-6(10)2-3-7(8)11/h2-5H,1H3,(H3,12,13). The monoisotopic (exact) mass is 260 g/mol. The van der Waals surface area contributed by atoms with Crippen LogP contribution in [0.25, 0.3) is 0 Å². The molecular weight excluding hydrogens is 251 g/mol. The van der Waals surface area contributed by atoms with Gasteiger partial charge >= 0.3 is 0 Å². The van der Waals surface area contributed by atoms with E-state index in [-0.39, 0.29) is 11.6 Å². The molecule has 0 spiro atoms. The second-order valence-corrected chi connectivity index (χ2v) is 3.71. The second-order valence-electron chi connectivity index (χ2n) is 2.79. The van der Waals surface area contributed by atoms with Crippen LogP contribution in [0.4, 0.5) is 4.39 Å². The molecule has 1 rings (SSSR count). The van der Waals surface area contributed by atoms with Gasteiger partial charge in [0.1, 0.15) is 5.84 Å². The Morgan fingerprint density at radius 2 is 2.29 bits per heavy atom. The highest BCUT2D eigenvalue weighted by molar-refractivity contribution is 9.10. The Hall–Kier alpha value is -1.10. The van der Waals surface area contributed by atoms with Gasteiger partial charge in [0, 0.05) is 4.47 Å². The molecule has 76 valence electrons. The number of nitrogens with one attached hydrogen (secondary N) is 1. The van der Waals surface area contributed by atoms with Gasteiger partial charge in [-0.2, -0.15) is 0 Å². The third kappa shape index (κ3) is 2.70. The molecule has 5 heteroatoms. The lowest BCUT2D eigenvalue weighted by Crippen LogP contribution is -2.30. The average Bonchev–Trinajstić information content (AvgIpc) is 2.11. The molecular formula is C9H10BrFN2O. The normalized spacial score (nSPS) is 12.2. The SMILES string of the molecule is CC(Oc1cc(Br)ccc1F)C(=N)N. The maximum absolute atomic E-state index is 13.1. The lowest BCUT2D eigenvalue weighted by Gasteiger charge is -2.13. The van der Waals surface area contributed by atoms with Crippen LogP contribution < -0.4 is 10.5 Å². The molecule has 0 amide bonds. The number of nitrogens with two attached hydrogens (primary N) is 1. The third-order valence-corrected chi connectivity index (χ3v) is 2.13. The zero-order chi connectivity index (χ0) is 10.7. The number of halogens is 2. The molecule has 0 heterocycles. The first-order chi connectivity index (χ1) is 6.50. The summed E-state index contributed by atoms with van der Waals surface area (Å²) < 4.78 is 19.0. The minimum atomic E-state index is -0.626. The van der Waals surface area contributed by atoms with E-state index in [2.05, 4.69) is 15.9 Å². The van der Waals surface area contributed by atoms with Crippen LogP contribution in [0.5, 0.6) is 5.75 Å². The number of ether oxygens (including phenoxy) is 1. The van der Waals surface area contributed by atoms with Gasteiger partial charge in [-0.05, 0) is 25.1 Å². The molecule has 3 N–H and O–H groups in total. The van der Waals surface area contributed by atoms with Gasteiger partial charge in [-0.15, -0.1) is 0 Å². The zero-order valence-electron chi connectivity index (χ0n) is 7.55. The van der Waals surface area contributed by atoms with Gasteiger partial charge in [0.15, 0.2) is 17.7 Å². The van der Waals surface area contributed by atoms with Crippen molar-refractivity contribution in [1.82, 2.24) is 0 Å². The Balaban J connectivity index is 2.85. The Morgan fingerprint density at radius 3 is 2.86 bits per heavy atom. The number of rotatable bonds is 3. The maximum Gasteiger partial charge on any atom is 0.165 e. The van der Waals surface area contributed by atoms with Gasteiger partial charge in [-0.25, -0.2) is 4.39 Å². The minimum absolute atomic E-state index is 0.0853. The van der Waals surface area contributed by atoms with E-state index < -0.39 is 11.9 Å². The van der Waals surface area contributed by atoms with E-state index in [0.717, 1.165) is 0 Å². The Morgan fingerprint density at radius 1 is 1.64 bits per heavy atom. The first-order valence-corrected chi connectivity index (χ1v) is 4.75. The topological polar surface area (TPSA) is 59.1 Å². The number of hydrogen-bond donors (Lipinski definition) is 2. The molecule has 14 heavy (non-hydrogen) atoms. The molecule has 1 aromatic rings. The fourth-order valence-electron chi connectivity index (χ4n) is 0.821. The summed E-state index contributed by atoms with van der Waals surface area (Å²) in [5.41, 5.74) is 5.20. The van der Waals surface area contributed by atoms with Crippen molar-refractivity contribution in [3.05, 3.63) is 28.5 Å². The van der Waals surface area contributed by atoms with E-state index in [1.54, 1.807) is 13.0 Å². The van der Waals surface area contributed by atoms with Gasteiger partial charge in [-0.1, -0.05) is 15.9 Å². The maximum atomic E-state index is 13.1. The van der Waals surface area contributed by atoms with Crippen molar-refractivity contribution in [3.8, 4) is 5.75 Å². The molecule has 0 aliphatic heterocycles. The fraction of sp³-hybridized carbons (Fsp3) is 0.222. The Bertz CT molecular complexity index is 357. The molecule has 1 unspecified atom stereocenters. The predicted molar refractivity (Wildman–Crippen MR) is 56.1 cm³/mol. The summed E-state index contributed by atoms with van der Waals surface area (Å²) in [6.07, 6.45) is -0.626. The van der Waals surface area contributed by atoms with Crippen molar-refractivity contribution in [1.29, 1.82) is 5.41 Å². The highest BCUT2D eigenvalue weighted by Crippen LogP contribution is 2.23. The van der Waals surface area contributed by atoms with E-state index in [9.17, 15) is 4.39 Å². The predicted octanol–water partition coefficient (Wildman–Crippen LogP) is 2.29. The summed E-state index contributed by atoms with van der Waals surface area (Å²) in [5, 5.41) is 7.09. The van der Waals surface area contributed by atoms with Crippen molar-refractivity contribution < 1.29 is 9.13 Å². The highest BCUT2D eigenvalue weighted by atomic mass is 79.9. The molecule has 0 saturated carbocycles. The quantitative estimate of drug-likeness (QED) is 0.647. The van der Waals surface area contributed by atoms with Crippen molar-refractivity contribution in [2.75, 3.05) is 0 Å². The molecule has 0 aliphatic rings. The fourth-order valence-corrected chi connectivity index (χ4v) is 1.16. The summed E-state index contributed by atoms with van der Waals surface area (Å²) in [5.74, 6) is -0.521. The molecule has 0 aliphatic carbocycles. The van der Waals surface area contributed by atoms with E-state index in [1.807, 2.05) is 0 Å². The molecule has 1 atom stereocenters. The summed E-state index contributed by atoms with van der Waals surface area (Å²) in [7, 11) is 0. The van der Waals surface area contributed by atoms with E-state index in [4.69, 9.17) is 15.9 Å². The lowest BCUT2D eigenvalue weighted by molar-refractivity contribution is 0.270. The average molecular weight is 261 g/mol. The molecule has 0 fully saturated rings. The van der Waals surface area contributed by atoms with E-state index in [0.29, 0.717) is 4.47 Å². The molecule has 1 aromatic carbocycles. The van der Waals surface area contributed by atoms with Gasteiger partial charge < -0.3 is 10.5 Å². The van der Waals surface area contributed by atoms with Crippen LogP contribution in [0.15, 0.2) is 22.7 Å². The molecule has 0 radical (unpaired) electrons. The van der Waals surface area contributed by atoms with Crippen LogP contribution in [0.1, 0.15) is 6.92 Å². The largest absolute Gasteiger partial charge is 0.480 e.